The zero-order chi connectivity index (χ0) is 19.1. The summed E-state index contributed by atoms with van der Waals surface area (Å²) in [5.41, 5.74) is 4.07. The van der Waals surface area contributed by atoms with Crippen LogP contribution >= 0.6 is 0 Å². The van der Waals surface area contributed by atoms with Crippen molar-refractivity contribution in [3.63, 3.8) is 0 Å². The Morgan fingerprint density at radius 3 is 2.41 bits per heavy atom. The molecule has 1 heterocycles. The van der Waals surface area contributed by atoms with Gasteiger partial charge in [0.05, 0.1) is 0 Å². The van der Waals surface area contributed by atoms with E-state index in [1.807, 2.05) is 55.5 Å². The van der Waals surface area contributed by atoms with Crippen molar-refractivity contribution in [1.29, 1.82) is 0 Å². The molecule has 2 N–H and O–H groups in total. The summed E-state index contributed by atoms with van der Waals surface area (Å²) in [5, 5.41) is 5.58. The van der Waals surface area contributed by atoms with Crippen LogP contribution in [0.15, 0.2) is 48.5 Å². The number of amides is 2. The lowest BCUT2D eigenvalue weighted by Crippen LogP contribution is -2.29. The lowest BCUT2D eigenvalue weighted by Gasteiger charge is -2.28. The van der Waals surface area contributed by atoms with Gasteiger partial charge in [0, 0.05) is 31.0 Å². The molecule has 2 amide bonds. The second-order valence-electron chi connectivity index (χ2n) is 7.09. The van der Waals surface area contributed by atoms with E-state index in [-0.39, 0.29) is 18.2 Å². The molecule has 0 aromatic heterocycles. The molecule has 5 nitrogen and oxygen atoms in total. The summed E-state index contributed by atoms with van der Waals surface area (Å²) >= 11 is 0. The van der Waals surface area contributed by atoms with Gasteiger partial charge in [0.15, 0.2) is 0 Å². The van der Waals surface area contributed by atoms with Crippen LogP contribution in [0.5, 0.6) is 0 Å². The van der Waals surface area contributed by atoms with E-state index in [2.05, 4.69) is 15.5 Å². The van der Waals surface area contributed by atoms with Crippen LogP contribution < -0.4 is 15.5 Å². The van der Waals surface area contributed by atoms with Crippen molar-refractivity contribution >= 4 is 23.2 Å². The highest BCUT2D eigenvalue weighted by atomic mass is 16.2. The number of benzene rings is 2. The van der Waals surface area contributed by atoms with Gasteiger partial charge in [0.25, 0.3) is 0 Å². The van der Waals surface area contributed by atoms with Gasteiger partial charge in [-0.25, -0.2) is 0 Å². The maximum Gasteiger partial charge on any atom is 0.233 e. The van der Waals surface area contributed by atoms with Gasteiger partial charge in [0.1, 0.15) is 6.42 Å². The lowest BCUT2D eigenvalue weighted by atomic mass is 10.1. The maximum absolute atomic E-state index is 12.1. The number of carbonyl (C=O) groups is 2. The SMILES string of the molecule is Cc1cccc(CNC(=O)CC(=O)Nc2ccc(N3CCCCC3)cc2)c1. The van der Waals surface area contributed by atoms with Crippen molar-refractivity contribution in [2.75, 3.05) is 23.3 Å². The van der Waals surface area contributed by atoms with E-state index < -0.39 is 0 Å². The Morgan fingerprint density at radius 1 is 0.963 bits per heavy atom. The first-order valence-electron chi connectivity index (χ1n) is 9.57. The van der Waals surface area contributed by atoms with Gasteiger partial charge < -0.3 is 15.5 Å². The van der Waals surface area contributed by atoms with Crippen molar-refractivity contribution in [2.45, 2.75) is 39.2 Å². The Labute approximate surface area is 160 Å². The van der Waals surface area contributed by atoms with Crippen molar-refractivity contribution in [3.8, 4) is 0 Å². The van der Waals surface area contributed by atoms with E-state index in [9.17, 15) is 9.59 Å². The summed E-state index contributed by atoms with van der Waals surface area (Å²) < 4.78 is 0. The number of hydrogen-bond acceptors (Lipinski definition) is 3. The fourth-order valence-electron chi connectivity index (χ4n) is 3.34. The average molecular weight is 365 g/mol. The third kappa shape index (κ3) is 5.84. The molecule has 1 saturated heterocycles. The number of anilines is 2. The zero-order valence-electron chi connectivity index (χ0n) is 15.8. The van der Waals surface area contributed by atoms with Gasteiger partial charge in [-0.1, -0.05) is 29.8 Å². The third-order valence-electron chi connectivity index (χ3n) is 4.77. The molecule has 27 heavy (non-hydrogen) atoms. The van der Waals surface area contributed by atoms with Gasteiger partial charge in [-0.15, -0.1) is 0 Å². The van der Waals surface area contributed by atoms with Gasteiger partial charge in [-0.3, -0.25) is 9.59 Å². The van der Waals surface area contributed by atoms with Gasteiger partial charge in [0.2, 0.25) is 11.8 Å². The van der Waals surface area contributed by atoms with E-state index in [1.54, 1.807) is 0 Å². The number of nitrogens with zero attached hydrogens (tertiary/aromatic N) is 1. The Hall–Kier alpha value is -2.82. The second kappa shape index (κ2) is 9.21. The predicted octanol–water partition coefficient (Wildman–Crippen LogP) is 3.63. The molecule has 0 bridgehead atoms. The summed E-state index contributed by atoms with van der Waals surface area (Å²) in [6, 6.07) is 15.8. The fourth-order valence-corrected chi connectivity index (χ4v) is 3.34. The number of hydrogen-bond donors (Lipinski definition) is 2. The summed E-state index contributed by atoms with van der Waals surface area (Å²) in [4.78, 5) is 26.4. The molecule has 0 atom stereocenters. The minimum Gasteiger partial charge on any atom is -0.372 e. The van der Waals surface area contributed by atoms with Crippen LogP contribution in [0.3, 0.4) is 0 Å². The van der Waals surface area contributed by atoms with Gasteiger partial charge in [-0.05, 0) is 56.0 Å². The van der Waals surface area contributed by atoms with Crippen LogP contribution in [-0.2, 0) is 16.1 Å². The molecule has 142 valence electrons. The molecular weight excluding hydrogens is 338 g/mol. The average Bonchev–Trinajstić information content (AvgIpc) is 2.68. The van der Waals surface area contributed by atoms with E-state index in [0.717, 1.165) is 24.2 Å². The molecule has 1 fully saturated rings. The fraction of sp³-hybridized carbons (Fsp3) is 0.364. The molecule has 0 radical (unpaired) electrons. The summed E-state index contributed by atoms with van der Waals surface area (Å²) in [6.07, 6.45) is 3.59. The molecule has 0 spiro atoms. The van der Waals surface area contributed by atoms with E-state index in [0.29, 0.717) is 12.2 Å². The van der Waals surface area contributed by atoms with Crippen molar-refractivity contribution in [3.05, 3.63) is 59.7 Å². The molecule has 0 aliphatic carbocycles. The number of aryl methyl sites for hydroxylation is 1. The highest BCUT2D eigenvalue weighted by Gasteiger charge is 2.12. The number of rotatable bonds is 6. The van der Waals surface area contributed by atoms with Crippen molar-refractivity contribution in [2.24, 2.45) is 0 Å². The molecule has 0 unspecified atom stereocenters. The minimum atomic E-state index is -0.303. The first-order chi connectivity index (χ1) is 13.1. The Morgan fingerprint density at radius 2 is 1.70 bits per heavy atom. The van der Waals surface area contributed by atoms with Crippen molar-refractivity contribution < 1.29 is 9.59 Å². The van der Waals surface area contributed by atoms with Crippen LogP contribution in [0.4, 0.5) is 11.4 Å². The second-order valence-corrected chi connectivity index (χ2v) is 7.09. The van der Waals surface area contributed by atoms with E-state index in [4.69, 9.17) is 0 Å². The Kier molecular flexibility index (Phi) is 6.47. The number of nitrogens with one attached hydrogen (secondary N) is 2. The van der Waals surface area contributed by atoms with Crippen LogP contribution in [-0.4, -0.2) is 24.9 Å². The lowest BCUT2D eigenvalue weighted by molar-refractivity contribution is -0.126. The summed E-state index contributed by atoms with van der Waals surface area (Å²) in [5.74, 6) is -0.582. The monoisotopic (exact) mass is 365 g/mol. The normalized spacial score (nSPS) is 13.9. The first kappa shape index (κ1) is 19.0. The molecule has 1 aliphatic rings. The quantitative estimate of drug-likeness (QED) is 0.769. The number of piperidine rings is 1. The third-order valence-corrected chi connectivity index (χ3v) is 4.77. The molecule has 3 rings (SSSR count). The molecule has 1 aliphatic heterocycles. The highest BCUT2D eigenvalue weighted by Crippen LogP contribution is 2.21. The predicted molar refractivity (Wildman–Crippen MR) is 109 cm³/mol. The zero-order valence-corrected chi connectivity index (χ0v) is 15.8. The van der Waals surface area contributed by atoms with Crippen LogP contribution in [0.1, 0.15) is 36.8 Å². The molecule has 0 saturated carbocycles. The minimum absolute atomic E-state index is 0.181. The van der Waals surface area contributed by atoms with Crippen LogP contribution in [0.2, 0.25) is 0 Å². The molecule has 5 heteroatoms. The standard InChI is InChI=1S/C22H27N3O2/c1-17-6-5-7-18(14-17)16-23-21(26)15-22(27)24-19-8-10-20(11-9-19)25-12-3-2-4-13-25/h5-11,14H,2-4,12-13,15-16H2,1H3,(H,23,26)(H,24,27). The summed E-state index contributed by atoms with van der Waals surface area (Å²) in [7, 11) is 0. The molecule has 2 aromatic rings. The topological polar surface area (TPSA) is 61.4 Å². The molecular formula is C22H27N3O2. The van der Waals surface area contributed by atoms with Gasteiger partial charge >= 0.3 is 0 Å². The Bertz CT molecular complexity index is 780. The molecule has 2 aromatic carbocycles. The van der Waals surface area contributed by atoms with E-state index in [1.165, 1.54) is 24.9 Å². The largest absolute Gasteiger partial charge is 0.372 e. The van der Waals surface area contributed by atoms with Crippen molar-refractivity contribution in [1.82, 2.24) is 5.32 Å². The van der Waals surface area contributed by atoms with Crippen LogP contribution in [0.25, 0.3) is 0 Å². The number of carbonyl (C=O) groups excluding carboxylic acids is 2. The smallest absolute Gasteiger partial charge is 0.233 e. The summed E-state index contributed by atoms with van der Waals surface area (Å²) in [6.45, 7) is 4.62. The maximum atomic E-state index is 12.1. The Balaban J connectivity index is 1.44. The van der Waals surface area contributed by atoms with Gasteiger partial charge in [-0.2, -0.15) is 0 Å². The first-order valence-corrected chi connectivity index (χ1v) is 9.57. The highest BCUT2D eigenvalue weighted by molar-refractivity contribution is 6.03. The van der Waals surface area contributed by atoms with E-state index >= 15 is 0 Å². The van der Waals surface area contributed by atoms with Crippen LogP contribution in [0, 0.1) is 6.92 Å².